The Bertz CT molecular complexity index is 1440. The third-order valence-electron chi connectivity index (χ3n) is 8.66. The van der Waals surface area contributed by atoms with Gasteiger partial charge in [0.2, 0.25) is 6.29 Å². The van der Waals surface area contributed by atoms with Crippen molar-refractivity contribution in [1.29, 1.82) is 0 Å². The average Bonchev–Trinajstić information content (AvgIpc) is 3.34. The van der Waals surface area contributed by atoms with Crippen LogP contribution in [0.2, 0.25) is 0 Å². The molecule has 0 N–H and O–H groups in total. The first-order valence-electron chi connectivity index (χ1n) is 15.4. The van der Waals surface area contributed by atoms with Gasteiger partial charge in [-0.05, 0) is 67.7 Å². The van der Waals surface area contributed by atoms with Gasteiger partial charge < -0.3 is 9.47 Å². The number of benzene rings is 4. The fourth-order valence-corrected chi connectivity index (χ4v) is 11.9. The summed E-state index contributed by atoms with van der Waals surface area (Å²) in [4.78, 5) is 14.3. The Hall–Kier alpha value is -3.09. The Morgan fingerprint density at radius 3 is 1.56 bits per heavy atom. The van der Waals surface area contributed by atoms with Gasteiger partial charge in [-0.15, -0.1) is 0 Å². The molecule has 0 saturated heterocycles. The minimum absolute atomic E-state index is 0.0407. The van der Waals surface area contributed by atoms with Crippen LogP contribution in [0.4, 0.5) is 0 Å². The summed E-state index contributed by atoms with van der Waals surface area (Å²) in [7, 11) is -2.30. The lowest BCUT2D eigenvalue weighted by Crippen LogP contribution is -2.38. The quantitative estimate of drug-likeness (QED) is 0.144. The van der Waals surface area contributed by atoms with Crippen molar-refractivity contribution in [2.24, 2.45) is 17.8 Å². The topological polar surface area (TPSA) is 35.5 Å². The zero-order valence-electron chi connectivity index (χ0n) is 25.2. The number of carbonyl (C=O) groups excluding carboxylic acids is 1. The van der Waals surface area contributed by atoms with E-state index in [0.717, 1.165) is 34.1 Å². The van der Waals surface area contributed by atoms with Crippen molar-refractivity contribution in [2.75, 3.05) is 0 Å². The van der Waals surface area contributed by atoms with Gasteiger partial charge in [0.25, 0.3) is 0 Å². The minimum Gasteiger partial charge on any atom is -0.427 e. The molecule has 6 rings (SSSR count). The highest BCUT2D eigenvalue weighted by Gasteiger charge is 2.46. The monoisotopic (exact) mass is 606 g/mol. The highest BCUT2D eigenvalue weighted by atomic mass is 31.1. The summed E-state index contributed by atoms with van der Waals surface area (Å²) >= 11 is 0. The summed E-state index contributed by atoms with van der Waals surface area (Å²) in [6.45, 7) is 6.91. The van der Waals surface area contributed by atoms with Gasteiger partial charge in [-0.25, -0.2) is 4.79 Å². The Morgan fingerprint density at radius 1 is 0.674 bits per heavy atom. The predicted octanol–water partition coefficient (Wildman–Crippen LogP) is 7.82. The molecule has 3 nitrogen and oxygen atoms in total. The van der Waals surface area contributed by atoms with Crippen LogP contribution in [0.5, 0.6) is 0 Å². The highest BCUT2D eigenvalue weighted by molar-refractivity contribution is 7.81. The van der Waals surface area contributed by atoms with E-state index in [0.29, 0.717) is 17.8 Å². The molecule has 43 heavy (non-hydrogen) atoms. The van der Waals surface area contributed by atoms with Crippen molar-refractivity contribution in [2.45, 2.75) is 52.4 Å². The minimum atomic E-state index is -1.18. The molecule has 1 aliphatic heterocycles. The molecule has 220 valence electrons. The largest absolute Gasteiger partial charge is 0.427 e. The molecule has 0 bridgehead atoms. The SMILES string of the molecule is CC(C)[C@H]1CC[C@@H](C)C[C@H]1O[C@H]1OC(=O)C(P(c2ccccc2)c2ccccc2)=C1P(c1ccccc1)c1ccccc1. The Balaban J connectivity index is 1.58. The van der Waals surface area contributed by atoms with Gasteiger partial charge >= 0.3 is 5.97 Å². The molecule has 1 heterocycles. The third-order valence-corrected chi connectivity index (χ3v) is 13.9. The first-order chi connectivity index (χ1) is 21.0. The smallest absolute Gasteiger partial charge is 0.342 e. The van der Waals surface area contributed by atoms with Crippen LogP contribution < -0.4 is 21.2 Å². The first kappa shape index (κ1) is 30.0. The number of cyclic esters (lactones) is 1. The number of ether oxygens (including phenoxy) is 2. The van der Waals surface area contributed by atoms with Crippen LogP contribution in [0.3, 0.4) is 0 Å². The Labute approximate surface area is 258 Å². The maximum atomic E-state index is 14.3. The fraction of sp³-hybridized carbons (Fsp3) is 0.289. The standard InChI is InChI=1S/C38H40O3P2/c1-27(2)33-25-24-28(3)26-34(33)40-38-36(43(31-20-12-6-13-21-31)32-22-14-7-15-23-32)35(37(39)41-38)42(29-16-8-4-9-17-29)30-18-10-5-11-19-30/h4-23,27-28,33-34,38H,24-26H2,1-3H3/t28-,33-,34-,38+/m1/s1. The number of carbonyl (C=O) groups is 1. The van der Waals surface area contributed by atoms with Gasteiger partial charge in [0.15, 0.2) is 0 Å². The van der Waals surface area contributed by atoms with Crippen LogP contribution in [0.15, 0.2) is 132 Å². The summed E-state index contributed by atoms with van der Waals surface area (Å²) in [5.74, 6) is 1.27. The summed E-state index contributed by atoms with van der Waals surface area (Å²) in [5, 5.41) is 6.44. The molecule has 2 aliphatic rings. The van der Waals surface area contributed by atoms with Crippen LogP contribution in [0.1, 0.15) is 40.0 Å². The van der Waals surface area contributed by atoms with Gasteiger partial charge in [0, 0.05) is 5.31 Å². The van der Waals surface area contributed by atoms with E-state index in [2.05, 4.69) is 130 Å². The third kappa shape index (κ3) is 6.56. The van der Waals surface area contributed by atoms with E-state index in [1.54, 1.807) is 0 Å². The van der Waals surface area contributed by atoms with E-state index in [4.69, 9.17) is 9.47 Å². The summed E-state index contributed by atoms with van der Waals surface area (Å²) < 4.78 is 13.5. The second-order valence-electron chi connectivity index (χ2n) is 12.0. The van der Waals surface area contributed by atoms with E-state index in [-0.39, 0.29) is 12.1 Å². The maximum absolute atomic E-state index is 14.3. The Kier molecular flexibility index (Phi) is 9.54. The highest BCUT2D eigenvalue weighted by Crippen LogP contribution is 2.59. The molecule has 1 fully saturated rings. The number of hydrogen-bond donors (Lipinski definition) is 0. The summed E-state index contributed by atoms with van der Waals surface area (Å²) in [6, 6.07) is 42.2. The predicted molar refractivity (Wildman–Crippen MR) is 181 cm³/mol. The van der Waals surface area contributed by atoms with Gasteiger partial charge in [-0.1, -0.05) is 149 Å². The zero-order valence-corrected chi connectivity index (χ0v) is 27.0. The molecule has 4 atom stereocenters. The van der Waals surface area contributed by atoms with E-state index < -0.39 is 22.1 Å². The van der Waals surface area contributed by atoms with Crippen molar-refractivity contribution < 1.29 is 14.3 Å². The van der Waals surface area contributed by atoms with Gasteiger partial charge in [-0.3, -0.25) is 0 Å². The molecule has 0 spiro atoms. The van der Waals surface area contributed by atoms with Crippen LogP contribution in [-0.2, 0) is 14.3 Å². The van der Waals surface area contributed by atoms with E-state index in [1.807, 2.05) is 12.1 Å². The number of rotatable bonds is 9. The number of esters is 1. The van der Waals surface area contributed by atoms with Crippen molar-refractivity contribution in [3.63, 3.8) is 0 Å². The van der Waals surface area contributed by atoms with Crippen molar-refractivity contribution in [3.05, 3.63) is 132 Å². The van der Waals surface area contributed by atoms with Crippen LogP contribution in [-0.4, -0.2) is 18.4 Å². The molecule has 0 amide bonds. The molecule has 5 heteroatoms. The molecule has 4 aromatic rings. The Morgan fingerprint density at radius 2 is 1.12 bits per heavy atom. The van der Waals surface area contributed by atoms with Crippen LogP contribution >= 0.6 is 15.8 Å². The zero-order chi connectivity index (χ0) is 29.8. The van der Waals surface area contributed by atoms with Gasteiger partial charge in [0.1, 0.15) is 0 Å². The van der Waals surface area contributed by atoms with E-state index in [9.17, 15) is 4.79 Å². The molecular formula is C38H40O3P2. The lowest BCUT2D eigenvalue weighted by molar-refractivity contribution is -0.179. The van der Waals surface area contributed by atoms with Gasteiger partial charge in [-0.2, -0.15) is 0 Å². The first-order valence-corrected chi connectivity index (χ1v) is 18.1. The fourth-order valence-electron chi connectivity index (χ4n) is 6.51. The molecular weight excluding hydrogens is 566 g/mol. The van der Waals surface area contributed by atoms with E-state index >= 15 is 0 Å². The van der Waals surface area contributed by atoms with E-state index in [1.165, 1.54) is 17.0 Å². The van der Waals surface area contributed by atoms with Crippen molar-refractivity contribution in [1.82, 2.24) is 0 Å². The molecule has 1 aliphatic carbocycles. The molecule has 0 aromatic heterocycles. The molecule has 1 saturated carbocycles. The normalized spacial score (nSPS) is 22.4. The van der Waals surface area contributed by atoms with Gasteiger partial charge in [0.05, 0.1) is 11.4 Å². The summed E-state index contributed by atoms with van der Waals surface area (Å²) in [5.41, 5.74) is 0. The van der Waals surface area contributed by atoms with Crippen molar-refractivity contribution >= 4 is 43.0 Å². The number of hydrogen-bond acceptors (Lipinski definition) is 3. The average molecular weight is 607 g/mol. The van der Waals surface area contributed by atoms with Crippen LogP contribution in [0, 0.1) is 17.8 Å². The lowest BCUT2D eigenvalue weighted by Gasteiger charge is -2.39. The van der Waals surface area contributed by atoms with Crippen LogP contribution in [0.25, 0.3) is 0 Å². The maximum Gasteiger partial charge on any atom is 0.342 e. The second-order valence-corrected chi connectivity index (χ2v) is 16.3. The molecule has 4 aromatic carbocycles. The van der Waals surface area contributed by atoms with Crippen molar-refractivity contribution in [3.8, 4) is 0 Å². The molecule has 0 unspecified atom stereocenters. The second kappa shape index (κ2) is 13.7. The molecule has 0 radical (unpaired) electrons. The lowest BCUT2D eigenvalue weighted by atomic mass is 9.75. The summed E-state index contributed by atoms with van der Waals surface area (Å²) in [6.07, 6.45) is 2.67.